The van der Waals surface area contributed by atoms with Crippen LogP contribution in [0.4, 0.5) is 5.69 Å². The average molecular weight is 364 g/mol. The number of hydrogen-bond acceptors (Lipinski definition) is 5. The highest BCUT2D eigenvalue weighted by molar-refractivity contribution is 7.80. The number of hydrogen-bond donors (Lipinski definition) is 2. The molecule has 2 N–H and O–H groups in total. The minimum atomic E-state index is -0.579. The molecule has 0 aliphatic carbocycles. The van der Waals surface area contributed by atoms with E-state index in [1.165, 1.54) is 0 Å². The Balaban J connectivity index is 2.41. The van der Waals surface area contributed by atoms with Crippen LogP contribution in [-0.2, 0) is 14.3 Å². The summed E-state index contributed by atoms with van der Waals surface area (Å²) in [7, 11) is 0. The van der Waals surface area contributed by atoms with Gasteiger partial charge in [0.05, 0.1) is 13.2 Å². The second-order valence-corrected chi connectivity index (χ2v) is 5.99. The quantitative estimate of drug-likeness (QED) is 0.419. The van der Waals surface area contributed by atoms with Gasteiger partial charge in [-0.3, -0.25) is 10.1 Å². The molecule has 7 heteroatoms. The van der Waals surface area contributed by atoms with Gasteiger partial charge in [-0.25, -0.2) is 4.79 Å². The Kier molecular flexibility index (Phi) is 9.24. The van der Waals surface area contributed by atoms with Gasteiger partial charge >= 0.3 is 5.97 Å². The van der Waals surface area contributed by atoms with Crippen molar-refractivity contribution in [3.8, 4) is 5.75 Å². The summed E-state index contributed by atoms with van der Waals surface area (Å²) in [5, 5.41) is 5.46. The lowest BCUT2D eigenvalue weighted by Gasteiger charge is -2.10. The van der Waals surface area contributed by atoms with Gasteiger partial charge in [0.1, 0.15) is 5.75 Å². The monoisotopic (exact) mass is 364 g/mol. The Morgan fingerprint density at radius 1 is 1.20 bits per heavy atom. The molecule has 0 aromatic heterocycles. The van der Waals surface area contributed by atoms with E-state index in [0.29, 0.717) is 12.5 Å². The minimum Gasteiger partial charge on any atom is -0.494 e. The first-order chi connectivity index (χ1) is 11.9. The van der Waals surface area contributed by atoms with Crippen molar-refractivity contribution in [2.45, 2.75) is 27.2 Å². The first kappa shape index (κ1) is 20.6. The van der Waals surface area contributed by atoms with E-state index in [9.17, 15) is 9.59 Å². The van der Waals surface area contributed by atoms with Crippen LogP contribution >= 0.6 is 12.2 Å². The molecule has 0 heterocycles. The Labute approximate surface area is 153 Å². The summed E-state index contributed by atoms with van der Waals surface area (Å²) in [6.45, 7) is 6.90. The maximum atomic E-state index is 11.6. The zero-order chi connectivity index (χ0) is 18.7. The van der Waals surface area contributed by atoms with Gasteiger partial charge < -0.3 is 14.8 Å². The first-order valence-corrected chi connectivity index (χ1v) is 8.51. The number of benzene rings is 1. The van der Waals surface area contributed by atoms with Gasteiger partial charge in [-0.05, 0) is 55.7 Å². The highest BCUT2D eigenvalue weighted by Crippen LogP contribution is 2.16. The van der Waals surface area contributed by atoms with Gasteiger partial charge in [0, 0.05) is 17.8 Å². The predicted molar refractivity (Wildman–Crippen MR) is 102 cm³/mol. The van der Waals surface area contributed by atoms with E-state index < -0.39 is 11.9 Å². The van der Waals surface area contributed by atoms with Gasteiger partial charge in [-0.2, -0.15) is 0 Å². The highest BCUT2D eigenvalue weighted by atomic mass is 32.1. The van der Waals surface area contributed by atoms with Crippen LogP contribution in [0, 0.1) is 5.92 Å². The van der Waals surface area contributed by atoms with Crippen LogP contribution in [-0.4, -0.2) is 30.2 Å². The van der Waals surface area contributed by atoms with Crippen LogP contribution in [0.5, 0.6) is 5.75 Å². The van der Waals surface area contributed by atoms with Crippen LogP contribution in [0.1, 0.15) is 27.2 Å². The lowest BCUT2D eigenvalue weighted by Crippen LogP contribution is -2.32. The van der Waals surface area contributed by atoms with Gasteiger partial charge in [0.2, 0.25) is 5.91 Å². The molecular formula is C18H24N2O4S. The number of carbonyl (C=O) groups is 2. The SMILES string of the molecule is CCOC(=O)C=CC(=O)NC(=S)Nc1ccc(OCCC(C)C)cc1. The molecule has 1 aromatic carbocycles. The fourth-order valence-electron chi connectivity index (χ4n) is 1.70. The zero-order valence-electron chi connectivity index (χ0n) is 14.7. The molecule has 6 nitrogen and oxygen atoms in total. The van der Waals surface area contributed by atoms with Gasteiger partial charge in [0.15, 0.2) is 5.11 Å². The molecule has 0 saturated carbocycles. The lowest BCUT2D eigenvalue weighted by molar-refractivity contribution is -0.137. The largest absolute Gasteiger partial charge is 0.494 e. The number of carbonyl (C=O) groups excluding carboxylic acids is 2. The van der Waals surface area contributed by atoms with Crippen LogP contribution in [0.15, 0.2) is 36.4 Å². The van der Waals surface area contributed by atoms with E-state index in [4.69, 9.17) is 17.0 Å². The standard InChI is InChI=1S/C18H24N2O4S/c1-4-23-17(22)10-9-16(21)20-18(25)19-14-5-7-15(8-6-14)24-12-11-13(2)3/h5-10,13H,4,11-12H2,1-3H3,(H2,19,20,21,25). The maximum absolute atomic E-state index is 11.6. The van der Waals surface area contributed by atoms with Gasteiger partial charge in [0.25, 0.3) is 0 Å². The van der Waals surface area contributed by atoms with E-state index in [0.717, 1.165) is 30.0 Å². The lowest BCUT2D eigenvalue weighted by atomic mass is 10.1. The van der Waals surface area contributed by atoms with Crippen molar-refractivity contribution in [1.82, 2.24) is 5.32 Å². The summed E-state index contributed by atoms with van der Waals surface area (Å²) < 4.78 is 10.3. The van der Waals surface area contributed by atoms with Crippen LogP contribution in [0.3, 0.4) is 0 Å². The van der Waals surface area contributed by atoms with Crippen LogP contribution in [0.2, 0.25) is 0 Å². The second-order valence-electron chi connectivity index (χ2n) is 5.58. The molecule has 0 fully saturated rings. The fourth-order valence-corrected chi connectivity index (χ4v) is 1.92. The molecule has 1 amide bonds. The van der Waals surface area contributed by atoms with Gasteiger partial charge in [-0.1, -0.05) is 13.8 Å². The molecular weight excluding hydrogens is 340 g/mol. The molecule has 136 valence electrons. The smallest absolute Gasteiger partial charge is 0.330 e. The van der Waals surface area contributed by atoms with Crippen molar-refractivity contribution in [3.05, 3.63) is 36.4 Å². The van der Waals surface area contributed by atoms with Crippen molar-refractivity contribution < 1.29 is 19.1 Å². The molecule has 0 spiro atoms. The van der Waals surface area contributed by atoms with E-state index in [2.05, 4.69) is 29.2 Å². The first-order valence-electron chi connectivity index (χ1n) is 8.10. The van der Waals surface area contributed by atoms with Crippen LogP contribution < -0.4 is 15.4 Å². The summed E-state index contributed by atoms with van der Waals surface area (Å²) >= 11 is 5.05. The van der Waals surface area contributed by atoms with E-state index in [1.54, 1.807) is 19.1 Å². The Bertz CT molecular complexity index is 612. The minimum absolute atomic E-state index is 0.131. The third-order valence-corrected chi connectivity index (χ3v) is 3.17. The van der Waals surface area contributed by atoms with Crippen molar-refractivity contribution in [1.29, 1.82) is 0 Å². The summed E-state index contributed by atoms with van der Waals surface area (Å²) in [4.78, 5) is 22.7. The molecule has 0 atom stereocenters. The number of ether oxygens (including phenoxy) is 2. The van der Waals surface area contributed by atoms with Crippen LogP contribution in [0.25, 0.3) is 0 Å². The number of nitrogens with one attached hydrogen (secondary N) is 2. The molecule has 0 aliphatic rings. The molecule has 1 aromatic rings. The molecule has 0 saturated heterocycles. The number of thiocarbonyl (C=S) groups is 1. The Morgan fingerprint density at radius 2 is 1.88 bits per heavy atom. The normalized spacial score (nSPS) is 10.6. The summed E-state index contributed by atoms with van der Waals surface area (Å²) in [5.74, 6) is 0.280. The topological polar surface area (TPSA) is 76.7 Å². The fraction of sp³-hybridized carbons (Fsp3) is 0.389. The highest BCUT2D eigenvalue weighted by Gasteiger charge is 2.04. The summed E-state index contributed by atoms with van der Waals surface area (Å²) in [5.41, 5.74) is 0.718. The van der Waals surface area contributed by atoms with Gasteiger partial charge in [-0.15, -0.1) is 0 Å². The molecule has 0 aliphatic heterocycles. The predicted octanol–water partition coefficient (Wildman–Crippen LogP) is 3.04. The van der Waals surface area contributed by atoms with E-state index >= 15 is 0 Å². The van der Waals surface area contributed by atoms with E-state index in [-0.39, 0.29) is 11.7 Å². The third-order valence-electron chi connectivity index (χ3n) is 2.97. The van der Waals surface area contributed by atoms with Crippen molar-refractivity contribution in [3.63, 3.8) is 0 Å². The molecule has 0 radical (unpaired) electrons. The Morgan fingerprint density at radius 3 is 2.48 bits per heavy atom. The second kappa shape index (κ2) is 11.2. The number of anilines is 1. The molecule has 0 unspecified atom stereocenters. The number of esters is 1. The zero-order valence-corrected chi connectivity index (χ0v) is 15.5. The van der Waals surface area contributed by atoms with Crippen molar-refractivity contribution in [2.24, 2.45) is 5.92 Å². The molecule has 0 bridgehead atoms. The summed E-state index contributed by atoms with van der Waals surface area (Å²) in [6.07, 6.45) is 3.11. The average Bonchev–Trinajstić information content (AvgIpc) is 2.54. The molecule has 1 rings (SSSR count). The number of rotatable bonds is 8. The van der Waals surface area contributed by atoms with E-state index in [1.807, 2.05) is 12.1 Å². The third kappa shape index (κ3) is 9.46. The van der Waals surface area contributed by atoms with Crippen molar-refractivity contribution in [2.75, 3.05) is 18.5 Å². The number of amides is 1. The summed E-state index contributed by atoms with van der Waals surface area (Å²) in [6, 6.07) is 7.26. The maximum Gasteiger partial charge on any atom is 0.330 e. The van der Waals surface area contributed by atoms with Crippen molar-refractivity contribution >= 4 is 34.9 Å². The molecule has 25 heavy (non-hydrogen) atoms. The Hall–Kier alpha value is -2.41.